The Bertz CT molecular complexity index is 790. The number of para-hydroxylation sites is 1. The van der Waals surface area contributed by atoms with E-state index in [0.717, 1.165) is 31.4 Å². The van der Waals surface area contributed by atoms with E-state index in [-0.39, 0.29) is 5.97 Å². The maximum Gasteiger partial charge on any atom is 0.335 e. The molecule has 2 atom stereocenters. The molecular formula is C19H22N2O2. The van der Waals surface area contributed by atoms with Gasteiger partial charge in [0.2, 0.25) is 0 Å². The van der Waals surface area contributed by atoms with Gasteiger partial charge < -0.3 is 14.6 Å². The number of carbonyl (C=O) groups is 1. The van der Waals surface area contributed by atoms with Crippen LogP contribution in [0.5, 0.6) is 0 Å². The molecule has 1 aromatic heterocycles. The fourth-order valence-electron chi connectivity index (χ4n) is 4.22. The second kappa shape index (κ2) is 5.44. The van der Waals surface area contributed by atoms with Gasteiger partial charge in [0.1, 0.15) is 0 Å². The molecule has 0 fully saturated rings. The first-order valence-electron chi connectivity index (χ1n) is 8.37. The van der Waals surface area contributed by atoms with Gasteiger partial charge in [-0.05, 0) is 30.4 Å². The summed E-state index contributed by atoms with van der Waals surface area (Å²) in [6.07, 6.45) is 4.87. The molecule has 2 aromatic rings. The lowest BCUT2D eigenvalue weighted by molar-refractivity contribution is -0.136. The number of ether oxygens (including phenoxy) is 1. The Morgan fingerprint density at radius 3 is 3.00 bits per heavy atom. The molecule has 4 rings (SSSR count). The van der Waals surface area contributed by atoms with E-state index in [9.17, 15) is 4.79 Å². The van der Waals surface area contributed by atoms with Gasteiger partial charge in [-0.25, -0.2) is 4.79 Å². The van der Waals surface area contributed by atoms with Crippen LogP contribution in [0.2, 0.25) is 0 Å². The minimum absolute atomic E-state index is 0.190. The summed E-state index contributed by atoms with van der Waals surface area (Å²) in [7, 11) is 1.46. The number of nitrogens with one attached hydrogen (secondary N) is 1. The second-order valence-electron chi connectivity index (χ2n) is 6.51. The zero-order valence-electron chi connectivity index (χ0n) is 13.6. The Kier molecular flexibility index (Phi) is 3.40. The van der Waals surface area contributed by atoms with Gasteiger partial charge in [0.25, 0.3) is 0 Å². The molecule has 0 spiro atoms. The molecule has 0 bridgehead atoms. The summed E-state index contributed by atoms with van der Waals surface area (Å²) in [6, 6.07) is 8.88. The number of esters is 1. The first kappa shape index (κ1) is 14.4. The third-order valence-electron chi connectivity index (χ3n) is 5.34. The fraction of sp³-hybridized carbons (Fsp3) is 0.421. The van der Waals surface area contributed by atoms with Gasteiger partial charge in [-0.15, -0.1) is 0 Å². The predicted molar refractivity (Wildman–Crippen MR) is 89.9 cm³/mol. The minimum atomic E-state index is -0.190. The van der Waals surface area contributed by atoms with Crippen molar-refractivity contribution in [2.24, 2.45) is 5.92 Å². The van der Waals surface area contributed by atoms with Gasteiger partial charge in [-0.1, -0.05) is 31.5 Å². The Morgan fingerprint density at radius 2 is 2.22 bits per heavy atom. The molecule has 2 aliphatic rings. The van der Waals surface area contributed by atoms with Crippen molar-refractivity contribution in [2.45, 2.75) is 32.2 Å². The third-order valence-corrected chi connectivity index (χ3v) is 5.34. The van der Waals surface area contributed by atoms with Crippen molar-refractivity contribution in [3.05, 3.63) is 47.3 Å². The van der Waals surface area contributed by atoms with Gasteiger partial charge in [0.05, 0.1) is 18.7 Å². The van der Waals surface area contributed by atoms with Crippen molar-refractivity contribution in [3.8, 4) is 0 Å². The second-order valence-corrected chi connectivity index (χ2v) is 6.51. The lowest BCUT2D eigenvalue weighted by Crippen LogP contribution is -2.39. The number of H-pyrrole nitrogens is 1. The number of fused-ring (bicyclic) bond motifs is 5. The molecular weight excluding hydrogens is 288 g/mol. The fourth-order valence-corrected chi connectivity index (χ4v) is 4.22. The quantitative estimate of drug-likeness (QED) is 0.863. The van der Waals surface area contributed by atoms with Crippen LogP contribution in [0.25, 0.3) is 10.9 Å². The number of aromatic nitrogens is 1. The van der Waals surface area contributed by atoms with E-state index < -0.39 is 0 Å². The van der Waals surface area contributed by atoms with Crippen LogP contribution in [-0.4, -0.2) is 29.5 Å². The van der Waals surface area contributed by atoms with Crippen LogP contribution in [0, 0.1) is 5.92 Å². The molecule has 2 aliphatic heterocycles. The first-order valence-corrected chi connectivity index (χ1v) is 8.37. The number of carbonyl (C=O) groups excluding carboxylic acids is 1. The van der Waals surface area contributed by atoms with E-state index in [4.69, 9.17) is 4.74 Å². The van der Waals surface area contributed by atoms with E-state index in [1.54, 1.807) is 0 Å². The number of methoxy groups -OCH3 is 1. The highest BCUT2D eigenvalue weighted by atomic mass is 16.5. The van der Waals surface area contributed by atoms with E-state index in [1.165, 1.54) is 29.3 Å². The van der Waals surface area contributed by atoms with Crippen molar-refractivity contribution in [2.75, 3.05) is 13.7 Å². The highest BCUT2D eigenvalue weighted by Gasteiger charge is 2.38. The lowest BCUT2D eigenvalue weighted by atomic mass is 9.81. The first-order chi connectivity index (χ1) is 11.2. The number of hydrogen-bond donors (Lipinski definition) is 1. The van der Waals surface area contributed by atoms with Gasteiger partial charge >= 0.3 is 5.97 Å². The van der Waals surface area contributed by atoms with Crippen molar-refractivity contribution in [1.82, 2.24) is 9.88 Å². The summed E-state index contributed by atoms with van der Waals surface area (Å²) >= 11 is 0. The van der Waals surface area contributed by atoms with Gasteiger partial charge in [0.15, 0.2) is 0 Å². The van der Waals surface area contributed by atoms with Crippen LogP contribution in [0.15, 0.2) is 36.0 Å². The summed E-state index contributed by atoms with van der Waals surface area (Å²) in [6.45, 7) is 3.16. The van der Waals surface area contributed by atoms with Crippen LogP contribution in [0.1, 0.15) is 37.1 Å². The maximum absolute atomic E-state index is 12.0. The smallest absolute Gasteiger partial charge is 0.335 e. The molecule has 0 saturated carbocycles. The largest absolute Gasteiger partial charge is 0.466 e. The number of aromatic amines is 1. The highest BCUT2D eigenvalue weighted by Crippen LogP contribution is 2.44. The summed E-state index contributed by atoms with van der Waals surface area (Å²) in [4.78, 5) is 17.9. The van der Waals surface area contributed by atoms with Gasteiger partial charge in [-0.2, -0.15) is 0 Å². The van der Waals surface area contributed by atoms with Crippen LogP contribution in [0.3, 0.4) is 0 Å². The molecule has 1 N–H and O–H groups in total. The van der Waals surface area contributed by atoms with E-state index in [2.05, 4.69) is 41.1 Å². The molecule has 0 aliphatic carbocycles. The van der Waals surface area contributed by atoms with Crippen LogP contribution < -0.4 is 0 Å². The molecule has 3 heterocycles. The highest BCUT2D eigenvalue weighted by molar-refractivity contribution is 5.89. The Hall–Kier alpha value is -2.23. The van der Waals surface area contributed by atoms with E-state index in [0.29, 0.717) is 12.0 Å². The average Bonchev–Trinajstić information content (AvgIpc) is 2.98. The zero-order chi connectivity index (χ0) is 16.0. The predicted octanol–water partition coefficient (Wildman–Crippen LogP) is 3.55. The summed E-state index contributed by atoms with van der Waals surface area (Å²) in [5, 5.41) is 1.35. The van der Waals surface area contributed by atoms with Crippen LogP contribution in [-0.2, 0) is 16.0 Å². The van der Waals surface area contributed by atoms with Gasteiger partial charge in [-0.3, -0.25) is 0 Å². The van der Waals surface area contributed by atoms with Gasteiger partial charge in [0, 0.05) is 29.3 Å². The summed E-state index contributed by atoms with van der Waals surface area (Å²) in [5.74, 6) is 0.241. The molecule has 1 aromatic carbocycles. The zero-order valence-corrected chi connectivity index (χ0v) is 13.6. The molecule has 0 unspecified atom stereocenters. The molecule has 120 valence electrons. The van der Waals surface area contributed by atoms with E-state index >= 15 is 0 Å². The lowest BCUT2D eigenvalue weighted by Gasteiger charge is -2.43. The van der Waals surface area contributed by atoms with Crippen LogP contribution in [0.4, 0.5) is 0 Å². The Labute approximate surface area is 136 Å². The van der Waals surface area contributed by atoms with Crippen molar-refractivity contribution in [1.29, 1.82) is 0 Å². The van der Waals surface area contributed by atoms with Crippen molar-refractivity contribution in [3.63, 3.8) is 0 Å². The summed E-state index contributed by atoms with van der Waals surface area (Å²) < 4.78 is 4.94. The van der Waals surface area contributed by atoms with Crippen LogP contribution >= 0.6 is 0 Å². The van der Waals surface area contributed by atoms with Crippen molar-refractivity contribution >= 4 is 16.9 Å². The molecule has 0 amide bonds. The number of nitrogens with zero attached hydrogens (tertiary/aromatic N) is 1. The minimum Gasteiger partial charge on any atom is -0.466 e. The standard InChI is InChI=1S/C19H22N2O2/c1-3-12-10-13(19(22)23-2)11-21-9-8-15-14-6-4-5-7-16(14)20-17(15)18(12)21/h4-7,11-12,18,20H,3,8-10H2,1-2H3/t12-,18-/m1/s1. The SMILES string of the molecule is CC[C@@H]1CC(C(=O)OC)=CN2CCc3c([nH]c4ccccc34)[C@@H]12. The number of benzene rings is 1. The molecule has 4 heteroatoms. The third kappa shape index (κ3) is 2.16. The molecule has 0 saturated heterocycles. The summed E-state index contributed by atoms with van der Waals surface area (Å²) in [5.41, 5.74) is 4.81. The van der Waals surface area contributed by atoms with E-state index in [1.807, 2.05) is 6.20 Å². The topological polar surface area (TPSA) is 45.3 Å². The molecule has 23 heavy (non-hydrogen) atoms. The normalized spacial score (nSPS) is 23.2. The number of hydrogen-bond acceptors (Lipinski definition) is 3. The molecule has 0 radical (unpaired) electrons. The Balaban J connectivity index is 1.81. The number of rotatable bonds is 2. The molecule has 4 nitrogen and oxygen atoms in total. The average molecular weight is 310 g/mol. The monoisotopic (exact) mass is 310 g/mol. The maximum atomic E-state index is 12.0. The Morgan fingerprint density at radius 1 is 1.39 bits per heavy atom. The van der Waals surface area contributed by atoms with Crippen molar-refractivity contribution < 1.29 is 9.53 Å².